The van der Waals surface area contributed by atoms with E-state index in [1.54, 1.807) is 14.0 Å². The smallest absolute Gasteiger partial charge is 0.326 e. The molecule has 0 aliphatic heterocycles. The van der Waals surface area contributed by atoms with Crippen LogP contribution in [0.25, 0.3) is 0 Å². The van der Waals surface area contributed by atoms with E-state index < -0.39 is 12.0 Å². The fraction of sp³-hybridized carbons (Fsp3) is 0.846. The number of hydrogen-bond donors (Lipinski definition) is 1. The average Bonchev–Trinajstić information content (AvgIpc) is 2.88. The molecule has 1 N–H and O–H groups in total. The second-order valence-corrected chi connectivity index (χ2v) is 5.66. The zero-order chi connectivity index (χ0) is 12.6. The number of likely N-dealkylation sites (N-methyl/N-ethyl adjacent to an activating group) is 1. The van der Waals surface area contributed by atoms with Gasteiger partial charge < -0.3 is 10.0 Å². The molecule has 2 bridgehead atoms. The zero-order valence-corrected chi connectivity index (χ0v) is 10.6. The van der Waals surface area contributed by atoms with Gasteiger partial charge in [0.1, 0.15) is 6.04 Å². The van der Waals surface area contributed by atoms with Gasteiger partial charge in [-0.05, 0) is 43.9 Å². The van der Waals surface area contributed by atoms with Crippen LogP contribution in [0.2, 0.25) is 0 Å². The standard InChI is InChI=1S/C13H21NO3/c1-8(13(16)17)14(2)12(15)7-11-6-9-3-4-10(11)5-9/h8-11H,3-7H2,1-2H3,(H,16,17). The number of aliphatic carboxylic acids is 1. The third-order valence-electron chi connectivity index (χ3n) is 4.65. The van der Waals surface area contributed by atoms with Crippen LogP contribution in [0.3, 0.4) is 0 Å². The molecule has 0 radical (unpaired) electrons. The predicted octanol–water partition coefficient (Wildman–Crippen LogP) is 1.74. The fourth-order valence-corrected chi connectivity index (χ4v) is 3.38. The maximum absolute atomic E-state index is 12.0. The van der Waals surface area contributed by atoms with Gasteiger partial charge in [-0.15, -0.1) is 0 Å². The first-order valence-electron chi connectivity index (χ1n) is 6.47. The summed E-state index contributed by atoms with van der Waals surface area (Å²) in [5.41, 5.74) is 0. The summed E-state index contributed by atoms with van der Waals surface area (Å²) in [6.07, 6.45) is 5.59. The minimum atomic E-state index is -0.936. The van der Waals surface area contributed by atoms with Crippen molar-refractivity contribution < 1.29 is 14.7 Å². The molecule has 2 fully saturated rings. The van der Waals surface area contributed by atoms with Crippen molar-refractivity contribution in [3.8, 4) is 0 Å². The van der Waals surface area contributed by atoms with Gasteiger partial charge in [-0.1, -0.05) is 6.42 Å². The van der Waals surface area contributed by atoms with Crippen molar-refractivity contribution in [1.82, 2.24) is 4.90 Å². The Kier molecular flexibility index (Phi) is 3.40. The topological polar surface area (TPSA) is 57.6 Å². The Morgan fingerprint density at radius 3 is 2.53 bits per heavy atom. The normalized spacial score (nSPS) is 32.5. The number of fused-ring (bicyclic) bond motifs is 2. The van der Waals surface area contributed by atoms with E-state index in [9.17, 15) is 9.59 Å². The van der Waals surface area contributed by atoms with Crippen LogP contribution in [-0.4, -0.2) is 35.0 Å². The third-order valence-corrected chi connectivity index (χ3v) is 4.65. The number of carboxylic acids is 1. The number of carbonyl (C=O) groups excluding carboxylic acids is 1. The minimum Gasteiger partial charge on any atom is -0.480 e. The van der Waals surface area contributed by atoms with E-state index in [-0.39, 0.29) is 5.91 Å². The Morgan fingerprint density at radius 2 is 2.06 bits per heavy atom. The molecule has 0 saturated heterocycles. The van der Waals surface area contributed by atoms with Gasteiger partial charge in [-0.2, -0.15) is 0 Å². The fourth-order valence-electron chi connectivity index (χ4n) is 3.38. The van der Waals surface area contributed by atoms with Gasteiger partial charge in [0.2, 0.25) is 5.91 Å². The van der Waals surface area contributed by atoms with E-state index >= 15 is 0 Å². The third kappa shape index (κ3) is 2.45. The molecule has 0 aromatic heterocycles. The second-order valence-electron chi connectivity index (χ2n) is 5.66. The van der Waals surface area contributed by atoms with Crippen molar-refractivity contribution >= 4 is 11.9 Å². The van der Waals surface area contributed by atoms with Crippen LogP contribution in [0.4, 0.5) is 0 Å². The summed E-state index contributed by atoms with van der Waals surface area (Å²) in [5, 5.41) is 8.87. The van der Waals surface area contributed by atoms with E-state index in [0.717, 1.165) is 11.8 Å². The lowest BCUT2D eigenvalue weighted by Crippen LogP contribution is -2.41. The van der Waals surface area contributed by atoms with Gasteiger partial charge in [0.25, 0.3) is 0 Å². The molecule has 0 aromatic rings. The number of carboxylic acid groups (broad SMARTS) is 1. The molecule has 0 heterocycles. The molecule has 2 aliphatic rings. The molecule has 2 aliphatic carbocycles. The summed E-state index contributed by atoms with van der Waals surface area (Å²) in [7, 11) is 1.59. The largest absolute Gasteiger partial charge is 0.480 e. The van der Waals surface area contributed by atoms with Crippen molar-refractivity contribution in [1.29, 1.82) is 0 Å². The lowest BCUT2D eigenvalue weighted by atomic mass is 9.86. The summed E-state index contributed by atoms with van der Waals surface area (Å²) < 4.78 is 0. The SMILES string of the molecule is CC(C(=O)O)N(C)C(=O)CC1CC2CCC1C2. The molecular formula is C13H21NO3. The minimum absolute atomic E-state index is 0.0162. The van der Waals surface area contributed by atoms with E-state index in [4.69, 9.17) is 5.11 Å². The maximum atomic E-state index is 12.0. The predicted molar refractivity (Wildman–Crippen MR) is 63.4 cm³/mol. The Balaban J connectivity index is 1.87. The van der Waals surface area contributed by atoms with Crippen LogP contribution in [-0.2, 0) is 9.59 Å². The van der Waals surface area contributed by atoms with E-state index in [1.165, 1.54) is 30.6 Å². The molecule has 0 spiro atoms. The Morgan fingerprint density at radius 1 is 1.35 bits per heavy atom. The first-order chi connectivity index (χ1) is 7.99. The number of hydrogen-bond acceptors (Lipinski definition) is 2. The lowest BCUT2D eigenvalue weighted by Gasteiger charge is -2.26. The molecule has 2 saturated carbocycles. The molecular weight excluding hydrogens is 218 g/mol. The van der Waals surface area contributed by atoms with E-state index in [0.29, 0.717) is 12.3 Å². The molecule has 17 heavy (non-hydrogen) atoms. The highest BCUT2D eigenvalue weighted by atomic mass is 16.4. The number of rotatable bonds is 4. The van der Waals surface area contributed by atoms with Gasteiger partial charge in [-0.25, -0.2) is 4.79 Å². The van der Waals surface area contributed by atoms with Crippen LogP contribution >= 0.6 is 0 Å². The highest BCUT2D eigenvalue weighted by Gasteiger charge is 2.40. The van der Waals surface area contributed by atoms with Crippen molar-refractivity contribution in [3.63, 3.8) is 0 Å². The van der Waals surface area contributed by atoms with Crippen LogP contribution in [0.15, 0.2) is 0 Å². The van der Waals surface area contributed by atoms with E-state index in [1.807, 2.05) is 0 Å². The molecule has 4 unspecified atom stereocenters. The zero-order valence-electron chi connectivity index (χ0n) is 10.6. The summed E-state index contributed by atoms with van der Waals surface area (Å²) in [4.78, 5) is 24.2. The van der Waals surface area contributed by atoms with Gasteiger partial charge in [0, 0.05) is 13.5 Å². The first kappa shape index (κ1) is 12.4. The van der Waals surface area contributed by atoms with Crippen molar-refractivity contribution in [2.75, 3.05) is 7.05 Å². The van der Waals surface area contributed by atoms with Crippen molar-refractivity contribution in [3.05, 3.63) is 0 Å². The van der Waals surface area contributed by atoms with Gasteiger partial charge >= 0.3 is 5.97 Å². The summed E-state index contributed by atoms with van der Waals surface area (Å²) >= 11 is 0. The first-order valence-corrected chi connectivity index (χ1v) is 6.47. The van der Waals surface area contributed by atoms with E-state index in [2.05, 4.69) is 0 Å². The molecule has 96 valence electrons. The van der Waals surface area contributed by atoms with Crippen LogP contribution < -0.4 is 0 Å². The second kappa shape index (κ2) is 4.67. The quantitative estimate of drug-likeness (QED) is 0.813. The summed E-state index contributed by atoms with van der Waals surface area (Å²) in [6.45, 7) is 1.56. The van der Waals surface area contributed by atoms with Crippen LogP contribution in [0.1, 0.15) is 39.0 Å². The molecule has 4 heteroatoms. The van der Waals surface area contributed by atoms with Gasteiger partial charge in [-0.3, -0.25) is 4.79 Å². The highest BCUT2D eigenvalue weighted by molar-refractivity contribution is 5.83. The van der Waals surface area contributed by atoms with Crippen molar-refractivity contribution in [2.45, 2.75) is 45.1 Å². The molecule has 1 amide bonds. The number of nitrogens with zero attached hydrogens (tertiary/aromatic N) is 1. The molecule has 2 rings (SSSR count). The number of amides is 1. The molecule has 0 aromatic carbocycles. The lowest BCUT2D eigenvalue weighted by molar-refractivity contribution is -0.148. The van der Waals surface area contributed by atoms with Gasteiger partial charge in [0.15, 0.2) is 0 Å². The maximum Gasteiger partial charge on any atom is 0.326 e. The number of carbonyl (C=O) groups is 2. The van der Waals surface area contributed by atoms with Crippen LogP contribution in [0.5, 0.6) is 0 Å². The molecule has 4 atom stereocenters. The summed E-state index contributed by atoms with van der Waals surface area (Å²) in [5.74, 6) is 1.11. The highest BCUT2D eigenvalue weighted by Crippen LogP contribution is 2.49. The Labute approximate surface area is 102 Å². The summed E-state index contributed by atoms with van der Waals surface area (Å²) in [6, 6.07) is -0.721. The molecule has 4 nitrogen and oxygen atoms in total. The Bertz CT molecular complexity index is 329. The Hall–Kier alpha value is -1.06. The average molecular weight is 239 g/mol. The van der Waals surface area contributed by atoms with Gasteiger partial charge in [0.05, 0.1) is 0 Å². The monoisotopic (exact) mass is 239 g/mol. The van der Waals surface area contributed by atoms with Crippen molar-refractivity contribution in [2.24, 2.45) is 17.8 Å². The van der Waals surface area contributed by atoms with Crippen LogP contribution in [0, 0.1) is 17.8 Å².